The first kappa shape index (κ1) is 22.3. The van der Waals surface area contributed by atoms with Gasteiger partial charge in [0, 0.05) is 25.7 Å². The fourth-order valence-electron chi connectivity index (χ4n) is 5.01. The summed E-state index contributed by atoms with van der Waals surface area (Å²) < 4.78 is 25.7. The summed E-state index contributed by atoms with van der Waals surface area (Å²) in [6.45, 7) is 5.86. The minimum absolute atomic E-state index is 0.112. The summed E-state index contributed by atoms with van der Waals surface area (Å²) in [7, 11) is -3.32. The number of anilines is 1. The van der Waals surface area contributed by atoms with Crippen LogP contribution in [0.1, 0.15) is 48.1 Å². The summed E-state index contributed by atoms with van der Waals surface area (Å²) in [6, 6.07) is 13.5. The molecular formula is C24H32N2O4S. The molecule has 2 aromatic carbocycles. The SMILES string of the molecule is Cc1cccc(C2(O)CCN(C[C@H](O)c3ccc4c(c3)C[C@@H](C)N4S(C)(=O)=O)CC2)c1. The number of hydrogen-bond acceptors (Lipinski definition) is 5. The number of rotatable bonds is 5. The first-order valence-corrected chi connectivity index (χ1v) is 12.7. The number of aryl methyl sites for hydroxylation is 1. The standard InChI is InChI=1S/C24H32N2O4S/c1-17-5-4-6-21(13-17)24(28)9-11-25(12-10-24)16-23(27)19-7-8-22-20(15-19)14-18(2)26(22)31(3,29)30/h4-8,13,15,18,23,27-28H,9-12,14,16H2,1-3H3/t18-,23+/m1/s1. The number of aliphatic hydroxyl groups excluding tert-OH is 1. The summed E-state index contributed by atoms with van der Waals surface area (Å²) in [6.07, 6.45) is 2.49. The fourth-order valence-corrected chi connectivity index (χ4v) is 6.28. The van der Waals surface area contributed by atoms with Crippen molar-refractivity contribution in [1.82, 2.24) is 4.90 Å². The van der Waals surface area contributed by atoms with E-state index in [1.54, 1.807) is 0 Å². The highest BCUT2D eigenvalue weighted by Crippen LogP contribution is 2.37. The highest BCUT2D eigenvalue weighted by molar-refractivity contribution is 7.92. The van der Waals surface area contributed by atoms with Gasteiger partial charge in [0.25, 0.3) is 0 Å². The molecule has 0 saturated carbocycles. The maximum absolute atomic E-state index is 12.1. The molecule has 168 valence electrons. The van der Waals surface area contributed by atoms with Crippen LogP contribution in [0.3, 0.4) is 0 Å². The zero-order chi connectivity index (χ0) is 22.4. The molecule has 4 rings (SSSR count). The molecule has 0 unspecified atom stereocenters. The maximum Gasteiger partial charge on any atom is 0.232 e. The first-order valence-electron chi connectivity index (χ1n) is 10.9. The van der Waals surface area contributed by atoms with Gasteiger partial charge in [-0.05, 0) is 55.9 Å². The van der Waals surface area contributed by atoms with Gasteiger partial charge in [-0.25, -0.2) is 8.42 Å². The van der Waals surface area contributed by atoms with Gasteiger partial charge in [-0.3, -0.25) is 4.31 Å². The van der Waals surface area contributed by atoms with Crippen LogP contribution in [0, 0.1) is 6.92 Å². The van der Waals surface area contributed by atoms with Crippen molar-refractivity contribution in [2.24, 2.45) is 0 Å². The molecule has 2 atom stereocenters. The second kappa shape index (κ2) is 8.20. The Morgan fingerprint density at radius 2 is 1.87 bits per heavy atom. The number of piperidine rings is 1. The second-order valence-corrected chi connectivity index (χ2v) is 11.1. The Kier molecular flexibility index (Phi) is 5.89. The molecule has 2 aliphatic rings. The molecule has 2 aliphatic heterocycles. The third kappa shape index (κ3) is 4.51. The largest absolute Gasteiger partial charge is 0.387 e. The van der Waals surface area contributed by atoms with E-state index in [1.165, 1.54) is 10.6 Å². The molecule has 0 radical (unpaired) electrons. The van der Waals surface area contributed by atoms with Crippen molar-refractivity contribution < 1.29 is 18.6 Å². The third-order valence-electron chi connectivity index (χ3n) is 6.67. The summed E-state index contributed by atoms with van der Waals surface area (Å²) in [5.41, 5.74) is 3.78. The number of benzene rings is 2. The highest BCUT2D eigenvalue weighted by atomic mass is 32.2. The zero-order valence-electron chi connectivity index (χ0n) is 18.5. The van der Waals surface area contributed by atoms with E-state index < -0.39 is 21.7 Å². The van der Waals surface area contributed by atoms with Gasteiger partial charge in [0.15, 0.2) is 0 Å². The van der Waals surface area contributed by atoms with Crippen LogP contribution < -0.4 is 4.31 Å². The Balaban J connectivity index is 1.41. The molecule has 0 spiro atoms. The van der Waals surface area contributed by atoms with Gasteiger partial charge in [-0.1, -0.05) is 42.0 Å². The Hall–Kier alpha value is -1.93. The summed E-state index contributed by atoms with van der Waals surface area (Å²) >= 11 is 0. The van der Waals surface area contributed by atoms with Crippen molar-refractivity contribution in [3.8, 4) is 0 Å². The Morgan fingerprint density at radius 1 is 1.16 bits per heavy atom. The van der Waals surface area contributed by atoms with Gasteiger partial charge in [0.05, 0.1) is 23.6 Å². The molecule has 7 heteroatoms. The molecule has 0 bridgehead atoms. The van der Waals surface area contributed by atoms with Crippen molar-refractivity contribution in [2.75, 3.05) is 30.2 Å². The fraction of sp³-hybridized carbons (Fsp3) is 0.500. The van der Waals surface area contributed by atoms with Crippen LogP contribution in [0.4, 0.5) is 5.69 Å². The van der Waals surface area contributed by atoms with Crippen LogP contribution in [0.25, 0.3) is 0 Å². The Bertz CT molecular complexity index is 1060. The van der Waals surface area contributed by atoms with Crippen molar-refractivity contribution in [3.63, 3.8) is 0 Å². The molecule has 2 N–H and O–H groups in total. The summed E-state index contributed by atoms with van der Waals surface area (Å²) in [4.78, 5) is 2.19. The number of likely N-dealkylation sites (tertiary alicyclic amines) is 1. The average molecular weight is 445 g/mol. The van der Waals surface area contributed by atoms with Crippen LogP contribution in [-0.2, 0) is 22.0 Å². The van der Waals surface area contributed by atoms with E-state index in [4.69, 9.17) is 0 Å². The van der Waals surface area contributed by atoms with Crippen LogP contribution in [0.15, 0.2) is 42.5 Å². The van der Waals surface area contributed by atoms with Gasteiger partial charge < -0.3 is 15.1 Å². The second-order valence-electron chi connectivity index (χ2n) is 9.22. The number of sulfonamides is 1. The number of fused-ring (bicyclic) bond motifs is 1. The molecule has 1 saturated heterocycles. The van der Waals surface area contributed by atoms with Crippen LogP contribution >= 0.6 is 0 Å². The lowest BCUT2D eigenvalue weighted by Crippen LogP contribution is -2.44. The molecule has 2 heterocycles. The molecule has 0 aliphatic carbocycles. The lowest BCUT2D eigenvalue weighted by atomic mass is 9.83. The molecule has 2 aromatic rings. The quantitative estimate of drug-likeness (QED) is 0.741. The van der Waals surface area contributed by atoms with E-state index in [2.05, 4.69) is 11.0 Å². The molecule has 0 aromatic heterocycles. The lowest BCUT2D eigenvalue weighted by molar-refractivity contribution is -0.0345. The first-order chi connectivity index (χ1) is 14.6. The van der Waals surface area contributed by atoms with Crippen LogP contribution in [0.5, 0.6) is 0 Å². The normalized spacial score (nSPS) is 22.4. The predicted molar refractivity (Wildman–Crippen MR) is 123 cm³/mol. The Morgan fingerprint density at radius 3 is 2.52 bits per heavy atom. The van der Waals surface area contributed by atoms with E-state index in [-0.39, 0.29) is 6.04 Å². The smallest absolute Gasteiger partial charge is 0.232 e. The number of β-amino-alcohol motifs (C(OH)–C–C–N with tert-alkyl or cyclic N) is 1. The van der Waals surface area contributed by atoms with Crippen molar-refractivity contribution in [2.45, 2.75) is 50.9 Å². The predicted octanol–water partition coefficient (Wildman–Crippen LogP) is 2.72. The van der Waals surface area contributed by atoms with Gasteiger partial charge >= 0.3 is 0 Å². The van der Waals surface area contributed by atoms with Crippen LogP contribution in [0.2, 0.25) is 0 Å². The molecule has 1 fully saturated rings. The minimum atomic E-state index is -3.32. The van der Waals surface area contributed by atoms with E-state index >= 15 is 0 Å². The van der Waals surface area contributed by atoms with E-state index in [0.717, 1.165) is 22.3 Å². The Labute approximate surface area is 185 Å². The maximum atomic E-state index is 12.1. The molecule has 0 amide bonds. The average Bonchev–Trinajstić information content (AvgIpc) is 3.05. The zero-order valence-corrected chi connectivity index (χ0v) is 19.3. The monoisotopic (exact) mass is 444 g/mol. The number of nitrogens with zero attached hydrogens (tertiary/aromatic N) is 2. The van der Waals surface area contributed by atoms with Gasteiger partial charge in [0.2, 0.25) is 10.0 Å². The minimum Gasteiger partial charge on any atom is -0.387 e. The highest BCUT2D eigenvalue weighted by Gasteiger charge is 2.35. The van der Waals surface area contributed by atoms with E-state index in [9.17, 15) is 18.6 Å². The molecule has 31 heavy (non-hydrogen) atoms. The van der Waals surface area contributed by atoms with Crippen molar-refractivity contribution in [3.05, 3.63) is 64.7 Å². The number of aliphatic hydroxyl groups is 2. The van der Waals surface area contributed by atoms with Crippen molar-refractivity contribution >= 4 is 15.7 Å². The molecular weight excluding hydrogens is 412 g/mol. The van der Waals surface area contributed by atoms with Crippen LogP contribution in [-0.4, -0.2) is 55.5 Å². The van der Waals surface area contributed by atoms with Gasteiger partial charge in [0.1, 0.15) is 0 Å². The van der Waals surface area contributed by atoms with Gasteiger partial charge in [-0.15, -0.1) is 0 Å². The topological polar surface area (TPSA) is 81.1 Å². The van der Waals surface area contributed by atoms with E-state index in [0.29, 0.717) is 44.6 Å². The van der Waals surface area contributed by atoms with Gasteiger partial charge in [-0.2, -0.15) is 0 Å². The van der Waals surface area contributed by atoms with Crippen molar-refractivity contribution in [1.29, 1.82) is 0 Å². The summed E-state index contributed by atoms with van der Waals surface area (Å²) in [5, 5.41) is 22.0. The summed E-state index contributed by atoms with van der Waals surface area (Å²) in [5.74, 6) is 0. The molecule has 6 nitrogen and oxygen atoms in total. The van der Waals surface area contributed by atoms with E-state index in [1.807, 2.05) is 50.2 Å². The number of hydrogen-bond donors (Lipinski definition) is 2. The third-order valence-corrected chi connectivity index (χ3v) is 7.94. The lowest BCUT2D eigenvalue weighted by Gasteiger charge is -2.39.